The van der Waals surface area contributed by atoms with Gasteiger partial charge in [0.05, 0.1) is 20.3 Å². The van der Waals surface area contributed by atoms with Gasteiger partial charge in [-0.1, -0.05) is 44.2 Å². The van der Waals surface area contributed by atoms with Gasteiger partial charge in [-0.25, -0.2) is 0 Å². The molecule has 1 unspecified atom stereocenters. The van der Waals surface area contributed by atoms with Crippen LogP contribution in [-0.4, -0.2) is 31.8 Å². The summed E-state index contributed by atoms with van der Waals surface area (Å²) in [6, 6.07) is 14.2. The van der Waals surface area contributed by atoms with E-state index in [9.17, 15) is 4.79 Å². The number of carbonyl (C=O) groups excluding carboxylic acids is 1. The molecule has 1 N–H and O–H groups in total. The van der Waals surface area contributed by atoms with E-state index in [0.29, 0.717) is 18.9 Å². The highest BCUT2D eigenvalue weighted by Crippen LogP contribution is 2.52. The molecule has 2 aliphatic rings. The molecular formula is C23H26N2O3. The first-order chi connectivity index (χ1) is 13.4. The van der Waals surface area contributed by atoms with Crippen molar-refractivity contribution in [3.63, 3.8) is 0 Å². The summed E-state index contributed by atoms with van der Waals surface area (Å²) in [5, 5.41) is 3.24. The first-order valence-corrected chi connectivity index (χ1v) is 9.61. The number of hydrogen-bond donors (Lipinski definition) is 1. The number of ether oxygens (including phenoxy) is 2. The minimum atomic E-state index is -0.598. The summed E-state index contributed by atoms with van der Waals surface area (Å²) in [4.78, 5) is 14.5. The van der Waals surface area contributed by atoms with Crippen molar-refractivity contribution < 1.29 is 14.3 Å². The van der Waals surface area contributed by atoms with Crippen LogP contribution in [0.15, 0.2) is 48.5 Å². The number of para-hydroxylation sites is 1. The second kappa shape index (κ2) is 6.59. The molecule has 2 aromatic rings. The van der Waals surface area contributed by atoms with E-state index in [4.69, 9.17) is 9.47 Å². The molecule has 1 fully saturated rings. The zero-order valence-corrected chi connectivity index (χ0v) is 16.8. The highest BCUT2D eigenvalue weighted by molar-refractivity contribution is 5.91. The SMILES string of the molecule is CCOc1ccc(C=CC23NC(=O)CN2c2ccccc2C3(C)C)cc1OC. The summed E-state index contributed by atoms with van der Waals surface area (Å²) in [7, 11) is 1.64. The van der Waals surface area contributed by atoms with Crippen molar-refractivity contribution in [1.82, 2.24) is 5.32 Å². The van der Waals surface area contributed by atoms with Crippen LogP contribution in [0.4, 0.5) is 5.69 Å². The Kier molecular flexibility index (Phi) is 4.33. The lowest BCUT2D eigenvalue weighted by Gasteiger charge is -2.40. The standard InChI is InChI=1S/C23H26N2O3/c1-5-28-19-11-10-16(14-20(19)27-4)12-13-23-22(2,3)17-8-6-7-9-18(17)25(23)15-21(26)24-23/h6-14H,5,15H2,1-4H3,(H,24,26). The van der Waals surface area contributed by atoms with E-state index in [1.54, 1.807) is 7.11 Å². The zero-order valence-electron chi connectivity index (χ0n) is 16.8. The third kappa shape index (κ3) is 2.57. The lowest BCUT2D eigenvalue weighted by atomic mass is 9.75. The quantitative estimate of drug-likeness (QED) is 0.861. The second-order valence-corrected chi connectivity index (χ2v) is 7.72. The summed E-state index contributed by atoms with van der Waals surface area (Å²) in [6.45, 7) is 7.25. The van der Waals surface area contributed by atoms with Crippen LogP contribution in [0.5, 0.6) is 11.5 Å². The first-order valence-electron chi connectivity index (χ1n) is 9.61. The maximum absolute atomic E-state index is 12.4. The number of fused-ring (bicyclic) bond motifs is 3. The lowest BCUT2D eigenvalue weighted by Crippen LogP contribution is -2.58. The van der Waals surface area contributed by atoms with Crippen molar-refractivity contribution in [1.29, 1.82) is 0 Å². The lowest BCUT2D eigenvalue weighted by molar-refractivity contribution is -0.118. The van der Waals surface area contributed by atoms with E-state index in [2.05, 4.69) is 48.3 Å². The molecule has 5 nitrogen and oxygen atoms in total. The molecule has 4 rings (SSSR count). The molecule has 2 heterocycles. The van der Waals surface area contributed by atoms with Gasteiger partial charge < -0.3 is 19.7 Å². The topological polar surface area (TPSA) is 50.8 Å². The molecule has 5 heteroatoms. The van der Waals surface area contributed by atoms with E-state index >= 15 is 0 Å². The number of nitrogens with one attached hydrogen (secondary N) is 1. The average molecular weight is 378 g/mol. The van der Waals surface area contributed by atoms with Crippen molar-refractivity contribution in [2.24, 2.45) is 0 Å². The number of rotatable bonds is 5. The number of amides is 1. The van der Waals surface area contributed by atoms with Crippen LogP contribution in [0.2, 0.25) is 0 Å². The number of hydrogen-bond acceptors (Lipinski definition) is 4. The van der Waals surface area contributed by atoms with Gasteiger partial charge in [0.2, 0.25) is 5.91 Å². The van der Waals surface area contributed by atoms with E-state index in [1.165, 1.54) is 5.56 Å². The molecule has 0 bridgehead atoms. The highest BCUT2D eigenvalue weighted by atomic mass is 16.5. The average Bonchev–Trinajstić information content (AvgIpc) is 3.12. The Morgan fingerprint density at radius 2 is 1.96 bits per heavy atom. The Labute approximate surface area is 165 Å². The summed E-state index contributed by atoms with van der Waals surface area (Å²) in [5.74, 6) is 1.46. The monoisotopic (exact) mass is 378 g/mol. The van der Waals surface area contributed by atoms with Gasteiger partial charge in [0.1, 0.15) is 5.66 Å². The minimum Gasteiger partial charge on any atom is -0.493 e. The zero-order chi connectivity index (χ0) is 19.9. The molecule has 0 aliphatic carbocycles. The Balaban J connectivity index is 1.75. The Morgan fingerprint density at radius 1 is 1.18 bits per heavy atom. The molecule has 0 aromatic heterocycles. The van der Waals surface area contributed by atoms with Gasteiger partial charge in [0.15, 0.2) is 11.5 Å². The smallest absolute Gasteiger partial charge is 0.241 e. The van der Waals surface area contributed by atoms with Crippen molar-refractivity contribution in [3.8, 4) is 11.5 Å². The molecule has 2 aliphatic heterocycles. The summed E-state index contributed by atoms with van der Waals surface area (Å²) < 4.78 is 11.1. The number of benzene rings is 2. The maximum Gasteiger partial charge on any atom is 0.241 e. The fraction of sp³-hybridized carbons (Fsp3) is 0.348. The number of anilines is 1. The van der Waals surface area contributed by atoms with Crippen LogP contribution in [0.25, 0.3) is 6.08 Å². The molecule has 28 heavy (non-hydrogen) atoms. The molecule has 0 saturated carbocycles. The minimum absolute atomic E-state index is 0.0384. The number of nitrogens with zero attached hydrogens (tertiary/aromatic N) is 1. The van der Waals surface area contributed by atoms with Crippen LogP contribution in [0.1, 0.15) is 31.9 Å². The van der Waals surface area contributed by atoms with Crippen LogP contribution in [-0.2, 0) is 10.2 Å². The van der Waals surface area contributed by atoms with E-state index in [1.807, 2.05) is 37.3 Å². The third-order valence-electron chi connectivity index (χ3n) is 5.88. The van der Waals surface area contributed by atoms with Crippen molar-refractivity contribution in [2.75, 3.05) is 25.2 Å². The van der Waals surface area contributed by atoms with E-state index < -0.39 is 5.66 Å². The van der Waals surface area contributed by atoms with Crippen LogP contribution < -0.4 is 19.7 Å². The summed E-state index contributed by atoms with van der Waals surface area (Å²) >= 11 is 0. The molecule has 2 aromatic carbocycles. The fourth-order valence-corrected chi connectivity index (χ4v) is 4.42. The molecule has 1 amide bonds. The van der Waals surface area contributed by atoms with Gasteiger partial charge in [-0.3, -0.25) is 4.79 Å². The normalized spacial score (nSPS) is 22.1. The molecule has 1 saturated heterocycles. The van der Waals surface area contributed by atoms with Gasteiger partial charge in [-0.15, -0.1) is 0 Å². The Hall–Kier alpha value is -2.95. The number of methoxy groups -OCH3 is 1. The van der Waals surface area contributed by atoms with Crippen LogP contribution >= 0.6 is 0 Å². The fourth-order valence-electron chi connectivity index (χ4n) is 4.42. The van der Waals surface area contributed by atoms with Crippen molar-refractivity contribution in [2.45, 2.75) is 31.8 Å². The van der Waals surface area contributed by atoms with Crippen LogP contribution in [0, 0.1) is 0 Å². The molecule has 1 atom stereocenters. The maximum atomic E-state index is 12.4. The van der Waals surface area contributed by atoms with Gasteiger partial charge in [0.25, 0.3) is 0 Å². The molecule has 0 radical (unpaired) electrons. The summed E-state index contributed by atoms with van der Waals surface area (Å²) in [5.41, 5.74) is 2.47. The van der Waals surface area contributed by atoms with E-state index in [0.717, 1.165) is 17.0 Å². The third-order valence-corrected chi connectivity index (χ3v) is 5.88. The largest absolute Gasteiger partial charge is 0.493 e. The molecule has 146 valence electrons. The predicted octanol–water partition coefficient (Wildman–Crippen LogP) is 3.73. The van der Waals surface area contributed by atoms with Gasteiger partial charge in [0, 0.05) is 11.1 Å². The van der Waals surface area contributed by atoms with Crippen molar-refractivity contribution in [3.05, 3.63) is 59.7 Å². The Bertz CT molecular complexity index is 951. The molecular weight excluding hydrogens is 352 g/mol. The summed E-state index contributed by atoms with van der Waals surface area (Å²) in [6.07, 6.45) is 4.15. The number of carbonyl (C=O) groups is 1. The van der Waals surface area contributed by atoms with Gasteiger partial charge in [-0.2, -0.15) is 0 Å². The van der Waals surface area contributed by atoms with Gasteiger partial charge in [-0.05, 0) is 42.3 Å². The first kappa shape index (κ1) is 18.4. The highest BCUT2D eigenvalue weighted by Gasteiger charge is 2.59. The second-order valence-electron chi connectivity index (χ2n) is 7.72. The Morgan fingerprint density at radius 3 is 2.71 bits per heavy atom. The molecule has 0 spiro atoms. The van der Waals surface area contributed by atoms with Crippen LogP contribution in [0.3, 0.4) is 0 Å². The van der Waals surface area contributed by atoms with E-state index in [-0.39, 0.29) is 11.3 Å². The predicted molar refractivity (Wildman–Crippen MR) is 111 cm³/mol. The van der Waals surface area contributed by atoms with Gasteiger partial charge >= 0.3 is 0 Å². The van der Waals surface area contributed by atoms with Crippen molar-refractivity contribution >= 4 is 17.7 Å².